The van der Waals surface area contributed by atoms with E-state index in [1.54, 1.807) is 6.07 Å². The van der Waals surface area contributed by atoms with E-state index in [2.05, 4.69) is 6.92 Å². The molecule has 2 aromatic carbocycles. The number of ether oxygens (including phenoxy) is 2. The molecule has 0 amide bonds. The smallest absolute Gasteiger partial charge is 0.423 e. The summed E-state index contributed by atoms with van der Waals surface area (Å²) < 4.78 is 36.7. The van der Waals surface area contributed by atoms with Crippen molar-refractivity contribution in [2.75, 3.05) is 19.8 Å². The maximum atomic E-state index is 14.5. The monoisotopic (exact) mass is 411 g/mol. The maximum Gasteiger partial charge on any atom is 0.494 e. The lowest BCUT2D eigenvalue weighted by atomic mass is 9.77. The fourth-order valence-corrected chi connectivity index (χ4v) is 2.98. The van der Waals surface area contributed by atoms with Crippen LogP contribution in [0.2, 0.25) is 0 Å². The average Bonchev–Trinajstić information content (AvgIpc) is 2.77. The summed E-state index contributed by atoms with van der Waals surface area (Å²) in [5.41, 5.74) is 0.717. The van der Waals surface area contributed by atoms with Gasteiger partial charge in [0.05, 0.1) is 30.4 Å². The predicted octanol–water partition coefficient (Wildman–Crippen LogP) is 3.23. The third-order valence-electron chi connectivity index (χ3n) is 4.65. The second-order valence-electron chi connectivity index (χ2n) is 6.96. The van der Waals surface area contributed by atoms with Crippen LogP contribution in [0.15, 0.2) is 42.5 Å². The van der Waals surface area contributed by atoms with E-state index < -0.39 is 18.9 Å². The van der Waals surface area contributed by atoms with Crippen molar-refractivity contribution in [2.45, 2.75) is 32.3 Å². The minimum absolute atomic E-state index is 0.135. The first-order valence-corrected chi connectivity index (χ1v) is 9.97. The molecule has 2 aromatic rings. The second-order valence-corrected chi connectivity index (χ2v) is 6.96. The zero-order valence-electron chi connectivity index (χ0n) is 16.8. The van der Waals surface area contributed by atoms with Crippen LogP contribution in [-0.2, 0) is 14.0 Å². The van der Waals surface area contributed by atoms with E-state index in [0.717, 1.165) is 19.3 Å². The molecule has 1 heterocycles. The minimum Gasteiger partial charge on any atom is -0.423 e. The van der Waals surface area contributed by atoms with Crippen molar-refractivity contribution in [2.24, 2.45) is 0 Å². The van der Waals surface area contributed by atoms with Crippen LogP contribution in [0.5, 0.6) is 5.75 Å². The van der Waals surface area contributed by atoms with E-state index in [1.165, 1.54) is 36.4 Å². The minimum atomic E-state index is -0.824. The molecular formula is C22H23BFNO5. The lowest BCUT2D eigenvalue weighted by molar-refractivity contribution is -0.0431. The van der Waals surface area contributed by atoms with Gasteiger partial charge >= 0.3 is 13.1 Å². The van der Waals surface area contributed by atoms with Gasteiger partial charge in [-0.3, -0.25) is 0 Å². The first-order valence-electron chi connectivity index (χ1n) is 9.97. The van der Waals surface area contributed by atoms with E-state index in [0.29, 0.717) is 30.8 Å². The van der Waals surface area contributed by atoms with Crippen molar-refractivity contribution in [3.8, 4) is 11.8 Å². The third kappa shape index (κ3) is 5.89. The van der Waals surface area contributed by atoms with Gasteiger partial charge in [0.1, 0.15) is 17.7 Å². The first-order chi connectivity index (χ1) is 14.6. The van der Waals surface area contributed by atoms with Crippen LogP contribution in [0, 0.1) is 17.1 Å². The highest BCUT2D eigenvalue weighted by Gasteiger charge is 2.30. The van der Waals surface area contributed by atoms with Gasteiger partial charge in [-0.2, -0.15) is 5.26 Å². The summed E-state index contributed by atoms with van der Waals surface area (Å²) in [6.07, 6.45) is 3.12. The molecule has 0 atom stereocenters. The van der Waals surface area contributed by atoms with Crippen LogP contribution in [0.4, 0.5) is 4.39 Å². The quantitative estimate of drug-likeness (QED) is 0.287. The Morgan fingerprint density at radius 1 is 1.20 bits per heavy atom. The number of unbranched alkanes of at least 4 members (excludes halogenated alkanes) is 2. The topological polar surface area (TPSA) is 77.8 Å². The Kier molecular flexibility index (Phi) is 7.97. The van der Waals surface area contributed by atoms with Gasteiger partial charge in [0.2, 0.25) is 0 Å². The number of carbonyl (C=O) groups excluding carboxylic acids is 1. The SMILES string of the molecule is CCCCCOC1COB(c2ccc(C(=O)Oc3ccc(C#N)cc3)c(F)c2)OC1. The van der Waals surface area contributed by atoms with Crippen molar-refractivity contribution in [3.05, 3.63) is 59.4 Å². The van der Waals surface area contributed by atoms with Crippen molar-refractivity contribution in [1.82, 2.24) is 0 Å². The molecule has 0 radical (unpaired) electrons. The van der Waals surface area contributed by atoms with E-state index in [9.17, 15) is 9.18 Å². The Bertz CT molecular complexity index is 891. The van der Waals surface area contributed by atoms with Crippen LogP contribution in [0.25, 0.3) is 0 Å². The molecule has 8 heteroatoms. The maximum absolute atomic E-state index is 14.5. The molecule has 1 aliphatic heterocycles. The van der Waals surface area contributed by atoms with E-state index in [4.69, 9.17) is 24.0 Å². The second kappa shape index (κ2) is 10.9. The highest BCUT2D eigenvalue weighted by molar-refractivity contribution is 6.61. The lowest BCUT2D eigenvalue weighted by Gasteiger charge is -2.27. The van der Waals surface area contributed by atoms with Crippen LogP contribution in [0.3, 0.4) is 0 Å². The van der Waals surface area contributed by atoms with Crippen molar-refractivity contribution < 1.29 is 28.0 Å². The van der Waals surface area contributed by atoms with Crippen LogP contribution >= 0.6 is 0 Å². The molecule has 0 spiro atoms. The van der Waals surface area contributed by atoms with Gasteiger partial charge in [-0.25, -0.2) is 9.18 Å². The number of halogens is 1. The van der Waals surface area contributed by atoms with E-state index in [-0.39, 0.29) is 17.4 Å². The molecule has 3 rings (SSSR count). The Balaban J connectivity index is 1.55. The van der Waals surface area contributed by atoms with E-state index >= 15 is 0 Å². The Labute approximate surface area is 175 Å². The van der Waals surface area contributed by atoms with Crippen molar-refractivity contribution >= 4 is 18.6 Å². The number of esters is 1. The number of nitriles is 1. The van der Waals surface area contributed by atoms with Gasteiger partial charge in [-0.05, 0) is 48.3 Å². The van der Waals surface area contributed by atoms with Gasteiger partial charge in [-0.1, -0.05) is 25.8 Å². The van der Waals surface area contributed by atoms with Gasteiger partial charge < -0.3 is 18.8 Å². The summed E-state index contributed by atoms with van der Waals surface area (Å²) in [7, 11) is -0.710. The standard InChI is InChI=1S/C22H23BFNO5/c1-2-3-4-11-27-19-14-28-23(29-15-19)17-7-10-20(21(24)12-17)22(26)30-18-8-5-16(13-25)6-9-18/h5-10,12,19H,2-4,11,14-15H2,1H3. The largest absolute Gasteiger partial charge is 0.494 e. The Morgan fingerprint density at radius 2 is 1.93 bits per heavy atom. The van der Waals surface area contributed by atoms with Gasteiger partial charge in [0.15, 0.2) is 0 Å². The molecule has 0 aromatic heterocycles. The lowest BCUT2D eigenvalue weighted by Crippen LogP contribution is -2.47. The number of nitrogens with zero attached hydrogens (tertiary/aromatic N) is 1. The average molecular weight is 411 g/mol. The highest BCUT2D eigenvalue weighted by Crippen LogP contribution is 2.16. The molecule has 0 unspecified atom stereocenters. The Morgan fingerprint density at radius 3 is 2.57 bits per heavy atom. The van der Waals surface area contributed by atoms with Crippen molar-refractivity contribution in [3.63, 3.8) is 0 Å². The summed E-state index contributed by atoms with van der Waals surface area (Å²) in [5.74, 6) is -1.32. The van der Waals surface area contributed by atoms with Crippen LogP contribution in [-0.4, -0.2) is 39.0 Å². The number of benzene rings is 2. The van der Waals surface area contributed by atoms with E-state index in [1.807, 2.05) is 6.07 Å². The molecule has 1 fully saturated rings. The fraction of sp³-hybridized carbons (Fsp3) is 0.364. The van der Waals surface area contributed by atoms with Crippen LogP contribution < -0.4 is 10.2 Å². The molecule has 0 aliphatic carbocycles. The number of hydrogen-bond acceptors (Lipinski definition) is 6. The van der Waals surface area contributed by atoms with Gasteiger partial charge in [0.25, 0.3) is 0 Å². The summed E-state index contributed by atoms with van der Waals surface area (Å²) in [5, 5.41) is 8.80. The fourth-order valence-electron chi connectivity index (χ4n) is 2.98. The molecule has 156 valence electrons. The molecule has 1 saturated heterocycles. The summed E-state index contributed by atoms with van der Waals surface area (Å²) >= 11 is 0. The number of carbonyl (C=O) groups is 1. The summed E-state index contributed by atoms with van der Waals surface area (Å²) in [4.78, 5) is 12.3. The molecule has 0 bridgehead atoms. The molecule has 0 saturated carbocycles. The third-order valence-corrected chi connectivity index (χ3v) is 4.65. The number of hydrogen-bond donors (Lipinski definition) is 0. The molecule has 30 heavy (non-hydrogen) atoms. The first kappa shape index (κ1) is 22.0. The van der Waals surface area contributed by atoms with Crippen molar-refractivity contribution in [1.29, 1.82) is 5.26 Å². The number of rotatable bonds is 8. The molecule has 0 N–H and O–H groups in total. The van der Waals surface area contributed by atoms with Crippen LogP contribution in [0.1, 0.15) is 42.1 Å². The zero-order valence-corrected chi connectivity index (χ0v) is 16.8. The predicted molar refractivity (Wildman–Crippen MR) is 109 cm³/mol. The zero-order chi connectivity index (χ0) is 21.3. The molecular weight excluding hydrogens is 388 g/mol. The Hall–Kier alpha value is -2.73. The highest BCUT2D eigenvalue weighted by atomic mass is 19.1. The molecule has 6 nitrogen and oxygen atoms in total. The van der Waals surface area contributed by atoms with Gasteiger partial charge in [-0.15, -0.1) is 0 Å². The summed E-state index contributed by atoms with van der Waals surface area (Å²) in [6, 6.07) is 12.1. The normalized spacial score (nSPS) is 14.4. The summed E-state index contributed by atoms with van der Waals surface area (Å²) in [6.45, 7) is 3.52. The molecule has 1 aliphatic rings. The van der Waals surface area contributed by atoms with Gasteiger partial charge in [0, 0.05) is 6.61 Å².